The van der Waals surface area contributed by atoms with Gasteiger partial charge in [0, 0.05) is 6.54 Å². The van der Waals surface area contributed by atoms with Crippen molar-refractivity contribution in [3.8, 4) is 0 Å². The summed E-state index contributed by atoms with van der Waals surface area (Å²) in [4.78, 5) is 25.5. The molecule has 7 heteroatoms. The molecule has 1 heterocycles. The highest BCUT2D eigenvalue weighted by molar-refractivity contribution is 7.89. The molecular weight excluding hydrogens is 316 g/mol. The maximum atomic E-state index is 12.8. The maximum absolute atomic E-state index is 12.8. The predicted molar refractivity (Wildman–Crippen MR) is 88.4 cm³/mol. The summed E-state index contributed by atoms with van der Waals surface area (Å²) in [6, 6.07) is -1.13. The van der Waals surface area contributed by atoms with E-state index in [9.17, 15) is 18.0 Å². The summed E-state index contributed by atoms with van der Waals surface area (Å²) >= 11 is 0. The lowest BCUT2D eigenvalue weighted by Gasteiger charge is -2.30. The van der Waals surface area contributed by atoms with Gasteiger partial charge in [-0.1, -0.05) is 32.1 Å². The molecule has 2 aliphatic rings. The number of nitrogens with zero attached hydrogens (tertiary/aromatic N) is 1. The van der Waals surface area contributed by atoms with Crippen LogP contribution in [0, 0.1) is 5.92 Å². The average molecular weight is 344 g/mol. The number of rotatable bonds is 7. The molecule has 1 amide bonds. The van der Waals surface area contributed by atoms with Crippen molar-refractivity contribution in [1.82, 2.24) is 9.62 Å². The van der Waals surface area contributed by atoms with E-state index < -0.39 is 22.1 Å². The van der Waals surface area contributed by atoms with E-state index in [-0.39, 0.29) is 11.7 Å². The smallest absolute Gasteiger partial charge is 0.241 e. The number of nitrogens with one attached hydrogen (secondary N) is 1. The van der Waals surface area contributed by atoms with Crippen LogP contribution in [0.4, 0.5) is 0 Å². The lowest BCUT2D eigenvalue weighted by Crippen LogP contribution is -2.51. The van der Waals surface area contributed by atoms with Gasteiger partial charge in [0.15, 0.2) is 0 Å². The first-order valence-corrected chi connectivity index (χ1v) is 10.4. The number of carbonyl (C=O) groups is 2. The van der Waals surface area contributed by atoms with Crippen LogP contribution in [0.15, 0.2) is 0 Å². The third-order valence-electron chi connectivity index (χ3n) is 5.03. The summed E-state index contributed by atoms with van der Waals surface area (Å²) < 4.78 is 26.5. The number of likely N-dealkylation sites (tertiary alicyclic amines) is 1. The fourth-order valence-electron chi connectivity index (χ4n) is 3.66. The molecule has 1 saturated heterocycles. The van der Waals surface area contributed by atoms with Gasteiger partial charge in [0.2, 0.25) is 15.9 Å². The number of hydrogen-bond donors (Lipinski definition) is 1. The minimum absolute atomic E-state index is 0.0431. The molecule has 0 aromatic carbocycles. The normalized spacial score (nSPS) is 24.6. The average Bonchev–Trinajstić information content (AvgIpc) is 3.03. The second-order valence-electron chi connectivity index (χ2n) is 6.69. The van der Waals surface area contributed by atoms with Gasteiger partial charge < -0.3 is 9.69 Å². The Morgan fingerprint density at radius 1 is 1.22 bits per heavy atom. The quantitative estimate of drug-likeness (QED) is 0.709. The number of sulfonamides is 1. The molecule has 0 spiro atoms. The third-order valence-corrected chi connectivity index (χ3v) is 6.44. The largest absolute Gasteiger partial charge is 0.332 e. The highest BCUT2D eigenvalue weighted by atomic mass is 32.2. The molecule has 0 bridgehead atoms. The van der Waals surface area contributed by atoms with Crippen molar-refractivity contribution in [2.45, 2.75) is 70.4 Å². The molecule has 2 atom stereocenters. The van der Waals surface area contributed by atoms with Crippen LogP contribution >= 0.6 is 0 Å². The van der Waals surface area contributed by atoms with Crippen molar-refractivity contribution in [3.63, 3.8) is 0 Å². The molecule has 0 aromatic rings. The first-order valence-electron chi connectivity index (χ1n) is 8.72. The summed E-state index contributed by atoms with van der Waals surface area (Å²) in [6.07, 6.45) is 8.42. The Labute approximate surface area is 139 Å². The van der Waals surface area contributed by atoms with E-state index >= 15 is 0 Å². The number of hydrogen-bond acceptors (Lipinski definition) is 4. The molecule has 0 radical (unpaired) electrons. The van der Waals surface area contributed by atoms with Crippen molar-refractivity contribution in [2.75, 3.05) is 12.3 Å². The summed E-state index contributed by atoms with van der Waals surface area (Å²) in [5, 5.41) is 0. The van der Waals surface area contributed by atoms with E-state index in [2.05, 4.69) is 4.72 Å². The van der Waals surface area contributed by atoms with Gasteiger partial charge in [0.25, 0.3) is 0 Å². The van der Waals surface area contributed by atoms with Gasteiger partial charge >= 0.3 is 0 Å². The van der Waals surface area contributed by atoms with Crippen LogP contribution in [0.2, 0.25) is 0 Å². The molecule has 2 fully saturated rings. The standard InChI is InChI=1S/C16H28N2O4S/c1-2-23(21,22)17-15(11-13-7-4-3-5-8-13)16(20)18-10-6-9-14(18)12-19/h12-15,17H,2-11H2,1H3/t14-,15?/m0/s1. The Balaban J connectivity index is 2.10. The lowest BCUT2D eigenvalue weighted by atomic mass is 9.84. The van der Waals surface area contributed by atoms with Crippen molar-refractivity contribution in [3.05, 3.63) is 0 Å². The molecule has 1 saturated carbocycles. The Morgan fingerprint density at radius 2 is 1.91 bits per heavy atom. The first-order chi connectivity index (χ1) is 11.0. The molecule has 1 N–H and O–H groups in total. The summed E-state index contributed by atoms with van der Waals surface area (Å²) in [5.74, 6) is 0.107. The molecule has 1 aliphatic heterocycles. The van der Waals surface area contributed by atoms with Gasteiger partial charge in [-0.05, 0) is 32.1 Å². The summed E-state index contributed by atoms with van der Waals surface area (Å²) in [5.41, 5.74) is 0. The van der Waals surface area contributed by atoms with Crippen molar-refractivity contribution in [2.24, 2.45) is 5.92 Å². The van der Waals surface area contributed by atoms with Crippen LogP contribution in [0.3, 0.4) is 0 Å². The van der Waals surface area contributed by atoms with Crippen molar-refractivity contribution in [1.29, 1.82) is 0 Å². The van der Waals surface area contributed by atoms with Crippen LogP contribution in [0.25, 0.3) is 0 Å². The molecule has 1 unspecified atom stereocenters. The van der Waals surface area contributed by atoms with Crippen molar-refractivity contribution >= 4 is 22.2 Å². The van der Waals surface area contributed by atoms with Crippen LogP contribution in [0.1, 0.15) is 58.3 Å². The zero-order valence-corrected chi connectivity index (χ0v) is 14.7. The molecule has 6 nitrogen and oxygen atoms in total. The molecular formula is C16H28N2O4S. The van der Waals surface area contributed by atoms with Gasteiger partial charge in [-0.25, -0.2) is 13.1 Å². The number of amides is 1. The van der Waals surface area contributed by atoms with Gasteiger partial charge in [0.1, 0.15) is 12.3 Å². The van der Waals surface area contributed by atoms with E-state index in [0.29, 0.717) is 25.3 Å². The zero-order chi connectivity index (χ0) is 16.9. The molecule has 2 rings (SSSR count). The molecule has 132 valence electrons. The van der Waals surface area contributed by atoms with Gasteiger partial charge in [-0.15, -0.1) is 0 Å². The Morgan fingerprint density at radius 3 is 2.52 bits per heavy atom. The second-order valence-corrected chi connectivity index (χ2v) is 8.73. The Kier molecular flexibility index (Phi) is 6.59. The second kappa shape index (κ2) is 8.24. The minimum Gasteiger partial charge on any atom is -0.332 e. The van der Waals surface area contributed by atoms with E-state index in [1.165, 1.54) is 6.42 Å². The maximum Gasteiger partial charge on any atom is 0.241 e. The number of aldehydes is 1. The lowest BCUT2D eigenvalue weighted by molar-refractivity contribution is -0.136. The summed E-state index contributed by atoms with van der Waals surface area (Å²) in [6.45, 7) is 2.10. The van der Waals surface area contributed by atoms with Crippen LogP contribution in [-0.4, -0.2) is 49.9 Å². The monoisotopic (exact) mass is 344 g/mol. The Bertz CT molecular complexity index is 514. The highest BCUT2D eigenvalue weighted by Gasteiger charge is 2.35. The van der Waals surface area contributed by atoms with Gasteiger partial charge in [0.05, 0.1) is 11.8 Å². The van der Waals surface area contributed by atoms with Gasteiger partial charge in [-0.2, -0.15) is 0 Å². The van der Waals surface area contributed by atoms with Crippen LogP contribution in [0.5, 0.6) is 0 Å². The van der Waals surface area contributed by atoms with Gasteiger partial charge in [-0.3, -0.25) is 4.79 Å². The Hall–Kier alpha value is -0.950. The zero-order valence-electron chi connectivity index (χ0n) is 13.9. The molecule has 23 heavy (non-hydrogen) atoms. The molecule has 0 aromatic heterocycles. The highest BCUT2D eigenvalue weighted by Crippen LogP contribution is 2.28. The van der Waals surface area contributed by atoms with Crippen LogP contribution < -0.4 is 4.72 Å². The SMILES string of the molecule is CCS(=O)(=O)NC(CC1CCCCC1)C(=O)N1CCC[C@H]1C=O. The predicted octanol–water partition coefficient (Wildman–Crippen LogP) is 1.45. The minimum atomic E-state index is -3.45. The third kappa shape index (κ3) is 5.01. The van der Waals surface area contributed by atoms with E-state index in [1.54, 1.807) is 11.8 Å². The summed E-state index contributed by atoms with van der Waals surface area (Å²) in [7, 11) is -3.45. The van der Waals surface area contributed by atoms with E-state index in [1.807, 2.05) is 0 Å². The van der Waals surface area contributed by atoms with Crippen LogP contribution in [-0.2, 0) is 19.6 Å². The fourth-order valence-corrected chi connectivity index (χ4v) is 4.46. The first kappa shape index (κ1) is 18.4. The number of carbonyl (C=O) groups excluding carboxylic acids is 2. The van der Waals surface area contributed by atoms with E-state index in [0.717, 1.165) is 38.4 Å². The van der Waals surface area contributed by atoms with E-state index in [4.69, 9.17) is 0 Å². The molecule has 1 aliphatic carbocycles. The van der Waals surface area contributed by atoms with Crippen molar-refractivity contribution < 1.29 is 18.0 Å². The topological polar surface area (TPSA) is 83.6 Å². The fraction of sp³-hybridized carbons (Fsp3) is 0.875.